The summed E-state index contributed by atoms with van der Waals surface area (Å²) in [6.07, 6.45) is 0.610. The van der Waals surface area contributed by atoms with E-state index >= 15 is 0 Å². The Morgan fingerprint density at radius 2 is 1.78 bits per heavy atom. The van der Waals surface area contributed by atoms with E-state index in [1.54, 1.807) is 16.7 Å². The molecule has 0 N–H and O–H groups in total. The minimum atomic E-state index is -0.116. The Labute approximate surface area is 193 Å². The Morgan fingerprint density at radius 1 is 1.06 bits per heavy atom. The highest BCUT2D eigenvalue weighted by Crippen LogP contribution is 2.19. The highest BCUT2D eigenvalue weighted by atomic mass is 35.5. The molecular formula is C25H29ClN4O2. The Hall–Kier alpha value is -2.86. The quantitative estimate of drug-likeness (QED) is 0.567. The Balaban J connectivity index is 1.45. The number of benzene rings is 2. The second-order valence-corrected chi connectivity index (χ2v) is 9.14. The predicted octanol–water partition coefficient (Wildman–Crippen LogP) is 3.99. The molecule has 1 fully saturated rings. The fourth-order valence-electron chi connectivity index (χ4n) is 4.22. The van der Waals surface area contributed by atoms with Crippen LogP contribution in [0.4, 0.5) is 5.69 Å². The maximum Gasteiger partial charge on any atom is 0.272 e. The number of hydrogen-bond donors (Lipinski definition) is 0. The number of para-hydroxylation sites is 1. The molecule has 168 valence electrons. The topological polar surface area (TPSA) is 58.4 Å². The molecule has 2 aromatic carbocycles. The van der Waals surface area contributed by atoms with E-state index in [9.17, 15) is 9.59 Å². The van der Waals surface area contributed by atoms with Gasteiger partial charge < -0.3 is 14.4 Å². The predicted molar refractivity (Wildman–Crippen MR) is 129 cm³/mol. The number of aromatic nitrogens is 2. The molecular weight excluding hydrogens is 424 g/mol. The summed E-state index contributed by atoms with van der Waals surface area (Å²) in [5.74, 6) is 0.380. The second kappa shape index (κ2) is 9.74. The van der Waals surface area contributed by atoms with Crippen molar-refractivity contribution in [3.8, 4) is 0 Å². The highest BCUT2D eigenvalue weighted by molar-refractivity contribution is 6.31. The van der Waals surface area contributed by atoms with E-state index in [-0.39, 0.29) is 17.9 Å². The van der Waals surface area contributed by atoms with Gasteiger partial charge in [0.25, 0.3) is 5.56 Å². The van der Waals surface area contributed by atoms with Crippen LogP contribution in [0.5, 0.6) is 0 Å². The zero-order valence-corrected chi connectivity index (χ0v) is 19.4. The van der Waals surface area contributed by atoms with Crippen LogP contribution >= 0.6 is 11.6 Å². The molecule has 32 heavy (non-hydrogen) atoms. The molecule has 1 aliphatic heterocycles. The standard InChI is InChI=1S/C25H29ClN4O2/c1-18(2)17-30-23-10-8-19(26)16-22(23)27-21(25(30)32)9-11-24(31)29-14-12-28(13-15-29)20-6-4-3-5-7-20/h3-8,10,16,18H,9,11-15,17H2,1-2H3. The van der Waals surface area contributed by atoms with E-state index in [0.717, 1.165) is 18.6 Å². The molecule has 0 unspecified atom stereocenters. The summed E-state index contributed by atoms with van der Waals surface area (Å²) in [5.41, 5.74) is 2.97. The molecule has 6 nitrogen and oxygen atoms in total. The third-order valence-corrected chi connectivity index (χ3v) is 6.09. The van der Waals surface area contributed by atoms with Gasteiger partial charge in [0.05, 0.1) is 11.0 Å². The van der Waals surface area contributed by atoms with Crippen molar-refractivity contribution in [3.63, 3.8) is 0 Å². The fraction of sp³-hybridized carbons (Fsp3) is 0.400. The van der Waals surface area contributed by atoms with Crippen LogP contribution < -0.4 is 10.5 Å². The van der Waals surface area contributed by atoms with Crippen molar-refractivity contribution in [2.24, 2.45) is 5.92 Å². The third kappa shape index (κ3) is 4.96. The minimum absolute atomic E-state index is 0.0699. The maximum absolute atomic E-state index is 13.1. The molecule has 1 saturated heterocycles. The lowest BCUT2D eigenvalue weighted by Crippen LogP contribution is -2.48. The molecule has 4 rings (SSSR count). The Kier molecular flexibility index (Phi) is 6.80. The summed E-state index contributed by atoms with van der Waals surface area (Å²) in [5, 5.41) is 0.582. The molecule has 0 saturated carbocycles. The number of halogens is 1. The molecule has 7 heteroatoms. The fourth-order valence-corrected chi connectivity index (χ4v) is 4.38. The van der Waals surface area contributed by atoms with Crippen molar-refractivity contribution in [3.05, 3.63) is 69.6 Å². The number of fused-ring (bicyclic) bond motifs is 1. The number of nitrogens with zero attached hydrogens (tertiary/aromatic N) is 4. The van der Waals surface area contributed by atoms with E-state index in [1.165, 1.54) is 5.69 Å². The van der Waals surface area contributed by atoms with Crippen LogP contribution in [0.25, 0.3) is 11.0 Å². The molecule has 0 atom stereocenters. The van der Waals surface area contributed by atoms with E-state index in [4.69, 9.17) is 11.6 Å². The van der Waals surface area contributed by atoms with Gasteiger partial charge in [0, 0.05) is 56.3 Å². The number of aryl methyl sites for hydroxylation is 1. The monoisotopic (exact) mass is 452 g/mol. The Morgan fingerprint density at radius 3 is 2.47 bits per heavy atom. The number of rotatable bonds is 6. The zero-order chi connectivity index (χ0) is 22.7. The molecule has 1 aliphatic rings. The van der Waals surface area contributed by atoms with Crippen molar-refractivity contribution in [1.29, 1.82) is 0 Å². The van der Waals surface area contributed by atoms with Gasteiger partial charge in [-0.2, -0.15) is 0 Å². The zero-order valence-electron chi connectivity index (χ0n) is 18.6. The van der Waals surface area contributed by atoms with Crippen molar-refractivity contribution >= 4 is 34.2 Å². The normalized spacial score (nSPS) is 14.4. The maximum atomic E-state index is 13.1. The van der Waals surface area contributed by atoms with E-state index in [0.29, 0.717) is 48.2 Å². The summed E-state index contributed by atoms with van der Waals surface area (Å²) < 4.78 is 1.77. The number of carbonyl (C=O) groups is 1. The second-order valence-electron chi connectivity index (χ2n) is 8.70. The largest absolute Gasteiger partial charge is 0.368 e. The van der Waals surface area contributed by atoms with Gasteiger partial charge in [-0.1, -0.05) is 43.6 Å². The highest BCUT2D eigenvalue weighted by Gasteiger charge is 2.22. The van der Waals surface area contributed by atoms with Crippen LogP contribution in [-0.2, 0) is 17.8 Å². The first kappa shape index (κ1) is 22.3. The molecule has 0 aliphatic carbocycles. The van der Waals surface area contributed by atoms with Crippen LogP contribution in [0.1, 0.15) is 26.0 Å². The molecule has 0 spiro atoms. The number of anilines is 1. The minimum Gasteiger partial charge on any atom is -0.368 e. The third-order valence-electron chi connectivity index (χ3n) is 5.85. The summed E-state index contributed by atoms with van der Waals surface area (Å²) in [6.45, 7) is 7.74. The van der Waals surface area contributed by atoms with Crippen LogP contribution in [0.15, 0.2) is 53.3 Å². The average molecular weight is 453 g/mol. The molecule has 3 aromatic rings. The summed E-state index contributed by atoms with van der Waals surface area (Å²) >= 11 is 6.16. The van der Waals surface area contributed by atoms with Gasteiger partial charge in [0.1, 0.15) is 5.69 Å². The number of carbonyl (C=O) groups excluding carboxylic acids is 1. The molecule has 2 heterocycles. The van der Waals surface area contributed by atoms with E-state index < -0.39 is 0 Å². The Bertz CT molecular complexity index is 1150. The van der Waals surface area contributed by atoms with Crippen molar-refractivity contribution in [2.75, 3.05) is 31.1 Å². The van der Waals surface area contributed by atoms with Gasteiger partial charge in [-0.15, -0.1) is 0 Å². The van der Waals surface area contributed by atoms with Crippen LogP contribution in [0.2, 0.25) is 5.02 Å². The van der Waals surface area contributed by atoms with Gasteiger partial charge in [0.2, 0.25) is 5.91 Å². The number of amides is 1. The first-order chi connectivity index (χ1) is 15.4. The SMILES string of the molecule is CC(C)Cn1c(=O)c(CCC(=O)N2CCN(c3ccccc3)CC2)nc2cc(Cl)ccc21. The van der Waals surface area contributed by atoms with Crippen LogP contribution in [-0.4, -0.2) is 46.5 Å². The summed E-state index contributed by atoms with van der Waals surface area (Å²) in [4.78, 5) is 34.7. The van der Waals surface area contributed by atoms with Crippen molar-refractivity contribution < 1.29 is 4.79 Å². The number of hydrogen-bond acceptors (Lipinski definition) is 4. The first-order valence-electron chi connectivity index (χ1n) is 11.2. The van der Waals surface area contributed by atoms with Gasteiger partial charge in [0.15, 0.2) is 0 Å². The smallest absolute Gasteiger partial charge is 0.272 e. The van der Waals surface area contributed by atoms with Crippen LogP contribution in [0, 0.1) is 5.92 Å². The van der Waals surface area contributed by atoms with Gasteiger partial charge >= 0.3 is 0 Å². The van der Waals surface area contributed by atoms with Crippen molar-refractivity contribution in [2.45, 2.75) is 33.2 Å². The lowest BCUT2D eigenvalue weighted by molar-refractivity contribution is -0.131. The molecule has 0 bridgehead atoms. The molecule has 1 aromatic heterocycles. The van der Waals surface area contributed by atoms with E-state index in [1.807, 2.05) is 29.2 Å². The first-order valence-corrected chi connectivity index (χ1v) is 11.6. The lowest BCUT2D eigenvalue weighted by Gasteiger charge is -2.36. The van der Waals surface area contributed by atoms with Gasteiger partial charge in [-0.3, -0.25) is 9.59 Å². The number of piperazine rings is 1. The van der Waals surface area contributed by atoms with Gasteiger partial charge in [-0.05, 0) is 36.2 Å². The van der Waals surface area contributed by atoms with Crippen molar-refractivity contribution in [1.82, 2.24) is 14.5 Å². The summed E-state index contributed by atoms with van der Waals surface area (Å²) in [7, 11) is 0. The molecule has 1 amide bonds. The van der Waals surface area contributed by atoms with Gasteiger partial charge in [-0.25, -0.2) is 4.98 Å². The van der Waals surface area contributed by atoms with Crippen LogP contribution in [0.3, 0.4) is 0 Å². The lowest BCUT2D eigenvalue weighted by atomic mass is 10.1. The molecule has 0 radical (unpaired) electrons. The van der Waals surface area contributed by atoms with E-state index in [2.05, 4.69) is 35.9 Å². The summed E-state index contributed by atoms with van der Waals surface area (Å²) in [6, 6.07) is 15.7. The average Bonchev–Trinajstić information content (AvgIpc) is 2.80.